The summed E-state index contributed by atoms with van der Waals surface area (Å²) in [6.45, 7) is 6.55. The van der Waals surface area contributed by atoms with Crippen LogP contribution in [0.3, 0.4) is 0 Å². The van der Waals surface area contributed by atoms with Crippen molar-refractivity contribution in [3.63, 3.8) is 0 Å². The van der Waals surface area contributed by atoms with E-state index in [1.54, 1.807) is 12.3 Å². The van der Waals surface area contributed by atoms with Crippen molar-refractivity contribution in [2.75, 3.05) is 5.32 Å². The second-order valence-corrected chi connectivity index (χ2v) is 8.57. The minimum absolute atomic E-state index is 0.0890. The maximum atomic E-state index is 13.0. The third-order valence-corrected chi connectivity index (χ3v) is 5.81. The van der Waals surface area contributed by atoms with E-state index >= 15 is 0 Å². The number of aryl methyl sites for hydroxylation is 2. The molecule has 1 unspecified atom stereocenters. The molecule has 1 amide bonds. The second kappa shape index (κ2) is 9.01. The van der Waals surface area contributed by atoms with Gasteiger partial charge in [0.2, 0.25) is 5.95 Å². The lowest BCUT2D eigenvalue weighted by Crippen LogP contribution is -2.36. The van der Waals surface area contributed by atoms with Crippen LogP contribution in [0.1, 0.15) is 54.4 Å². The van der Waals surface area contributed by atoms with Gasteiger partial charge in [-0.25, -0.2) is 9.97 Å². The number of hydrogen-bond acceptors (Lipinski definition) is 6. The third-order valence-electron chi connectivity index (χ3n) is 5.81. The van der Waals surface area contributed by atoms with Crippen LogP contribution in [0.4, 0.5) is 5.95 Å². The molecule has 8 nitrogen and oxygen atoms in total. The first kappa shape index (κ1) is 21.2. The highest BCUT2D eigenvalue weighted by Gasteiger charge is 2.21. The van der Waals surface area contributed by atoms with Crippen LogP contribution in [-0.4, -0.2) is 48.9 Å². The molecule has 8 heteroatoms. The number of anilines is 1. The topological polar surface area (TPSA) is 105 Å². The summed E-state index contributed by atoms with van der Waals surface area (Å²) in [6.07, 6.45) is 4.88. The van der Waals surface area contributed by atoms with Crippen LogP contribution in [0.15, 0.2) is 30.5 Å². The van der Waals surface area contributed by atoms with E-state index in [0.717, 1.165) is 42.5 Å². The zero-order valence-corrected chi connectivity index (χ0v) is 18.3. The molecule has 1 fully saturated rings. The van der Waals surface area contributed by atoms with Gasteiger partial charge in [0.05, 0.1) is 29.4 Å². The summed E-state index contributed by atoms with van der Waals surface area (Å²) in [7, 11) is 0. The maximum Gasteiger partial charge on any atom is 0.253 e. The highest BCUT2D eigenvalue weighted by Crippen LogP contribution is 2.23. The Hall–Kier alpha value is -3.00. The first-order chi connectivity index (χ1) is 14.9. The van der Waals surface area contributed by atoms with Gasteiger partial charge in [-0.05, 0) is 58.6 Å². The Morgan fingerprint density at radius 1 is 1.26 bits per heavy atom. The van der Waals surface area contributed by atoms with Crippen molar-refractivity contribution in [2.24, 2.45) is 0 Å². The van der Waals surface area contributed by atoms with Crippen LogP contribution in [0.25, 0.3) is 10.9 Å². The molecule has 3 N–H and O–H groups in total. The summed E-state index contributed by atoms with van der Waals surface area (Å²) in [6, 6.07) is 7.73. The van der Waals surface area contributed by atoms with E-state index in [9.17, 15) is 9.90 Å². The Morgan fingerprint density at radius 3 is 2.74 bits per heavy atom. The molecular weight excluding hydrogens is 392 g/mol. The van der Waals surface area contributed by atoms with Gasteiger partial charge in [0, 0.05) is 29.4 Å². The number of fused-ring (bicyclic) bond motifs is 1. The average Bonchev–Trinajstić information content (AvgIpc) is 3.05. The summed E-state index contributed by atoms with van der Waals surface area (Å²) in [4.78, 5) is 22.1. The quantitative estimate of drug-likeness (QED) is 0.564. The fraction of sp³-hybridized carbons (Fsp3) is 0.478. The molecule has 3 aromatic rings. The maximum absolute atomic E-state index is 13.0. The molecule has 0 aliphatic heterocycles. The van der Waals surface area contributed by atoms with Gasteiger partial charge < -0.3 is 15.7 Å². The molecule has 1 aliphatic carbocycles. The number of amides is 1. The van der Waals surface area contributed by atoms with Crippen molar-refractivity contribution in [1.82, 2.24) is 25.1 Å². The van der Waals surface area contributed by atoms with Crippen molar-refractivity contribution < 1.29 is 9.90 Å². The van der Waals surface area contributed by atoms with Crippen LogP contribution < -0.4 is 10.6 Å². The molecule has 1 atom stereocenters. The molecule has 2 heterocycles. The summed E-state index contributed by atoms with van der Waals surface area (Å²) >= 11 is 0. The van der Waals surface area contributed by atoms with Crippen LogP contribution in [0, 0.1) is 13.8 Å². The Balaban J connectivity index is 1.49. The van der Waals surface area contributed by atoms with E-state index in [4.69, 9.17) is 0 Å². The number of aromatic nitrogens is 4. The predicted molar refractivity (Wildman–Crippen MR) is 120 cm³/mol. The molecule has 31 heavy (non-hydrogen) atoms. The lowest BCUT2D eigenvalue weighted by Gasteiger charge is -2.26. The highest BCUT2D eigenvalue weighted by molar-refractivity contribution is 6.05. The van der Waals surface area contributed by atoms with Gasteiger partial charge in [0.15, 0.2) is 0 Å². The van der Waals surface area contributed by atoms with E-state index < -0.39 is 0 Å². The fourth-order valence-corrected chi connectivity index (χ4v) is 4.18. The Kier molecular flexibility index (Phi) is 6.18. The van der Waals surface area contributed by atoms with E-state index in [1.807, 2.05) is 43.7 Å². The molecule has 164 valence electrons. The molecule has 1 aromatic carbocycles. The number of hydrogen-bond donors (Lipinski definition) is 3. The van der Waals surface area contributed by atoms with Crippen molar-refractivity contribution in [2.45, 2.75) is 71.2 Å². The highest BCUT2D eigenvalue weighted by atomic mass is 16.3. The first-order valence-electron chi connectivity index (χ1n) is 10.9. The van der Waals surface area contributed by atoms with Gasteiger partial charge >= 0.3 is 0 Å². The number of aliphatic hydroxyl groups is 1. The van der Waals surface area contributed by atoms with E-state index in [2.05, 4.69) is 25.7 Å². The summed E-state index contributed by atoms with van der Waals surface area (Å²) in [5, 5.41) is 21.4. The number of para-hydroxylation sites is 1. The number of aliphatic hydroxyl groups excluding tert-OH is 1. The van der Waals surface area contributed by atoms with Gasteiger partial charge in [0.1, 0.15) is 0 Å². The van der Waals surface area contributed by atoms with E-state index in [1.165, 1.54) is 0 Å². The molecule has 0 bridgehead atoms. The van der Waals surface area contributed by atoms with E-state index in [0.29, 0.717) is 23.6 Å². The minimum atomic E-state index is -0.206. The fourth-order valence-electron chi connectivity index (χ4n) is 4.18. The van der Waals surface area contributed by atoms with E-state index in [-0.39, 0.29) is 24.1 Å². The Morgan fingerprint density at radius 2 is 2.03 bits per heavy atom. The van der Waals surface area contributed by atoms with Gasteiger partial charge in [0.25, 0.3) is 5.91 Å². The van der Waals surface area contributed by atoms with Crippen molar-refractivity contribution >= 4 is 22.8 Å². The van der Waals surface area contributed by atoms with Crippen molar-refractivity contribution in [3.8, 4) is 0 Å². The average molecular weight is 423 g/mol. The molecule has 1 saturated carbocycles. The van der Waals surface area contributed by atoms with Crippen molar-refractivity contribution in [3.05, 3.63) is 47.4 Å². The standard InChI is InChI=1S/C23H30N6O2/c1-14-11-16(3)29(28-14)13-15(2)25-22(31)20-6-4-5-17-12-24-23(27-21(17)20)26-18-7-9-19(30)10-8-18/h4-6,11-12,15,18-19,30H,7-10,13H2,1-3H3,(H,25,31)(H,24,26,27). The van der Waals surface area contributed by atoms with Gasteiger partial charge in [-0.3, -0.25) is 9.48 Å². The molecule has 2 aromatic heterocycles. The van der Waals surface area contributed by atoms with Crippen LogP contribution in [0.5, 0.6) is 0 Å². The third kappa shape index (κ3) is 5.02. The number of benzene rings is 1. The molecule has 1 aliphatic rings. The number of nitrogens with one attached hydrogen (secondary N) is 2. The summed E-state index contributed by atoms with van der Waals surface area (Å²) in [5.74, 6) is 0.356. The zero-order chi connectivity index (χ0) is 22.0. The molecule has 0 radical (unpaired) electrons. The van der Waals surface area contributed by atoms with Gasteiger partial charge in [-0.1, -0.05) is 12.1 Å². The second-order valence-electron chi connectivity index (χ2n) is 8.57. The lowest BCUT2D eigenvalue weighted by molar-refractivity contribution is 0.0937. The van der Waals surface area contributed by atoms with Crippen molar-refractivity contribution in [1.29, 1.82) is 0 Å². The van der Waals surface area contributed by atoms with Crippen LogP contribution in [0.2, 0.25) is 0 Å². The number of carbonyl (C=O) groups excluding carboxylic acids is 1. The molecule has 4 rings (SSSR count). The zero-order valence-electron chi connectivity index (χ0n) is 18.3. The normalized spacial score (nSPS) is 19.9. The summed E-state index contributed by atoms with van der Waals surface area (Å²) < 4.78 is 1.91. The SMILES string of the molecule is Cc1cc(C)n(CC(C)NC(=O)c2cccc3cnc(NC4CCC(O)CC4)nc23)n1. The number of carbonyl (C=O) groups is 1. The largest absolute Gasteiger partial charge is 0.393 e. The minimum Gasteiger partial charge on any atom is -0.393 e. The van der Waals surface area contributed by atoms with Gasteiger partial charge in [-0.15, -0.1) is 0 Å². The smallest absolute Gasteiger partial charge is 0.253 e. The lowest BCUT2D eigenvalue weighted by atomic mass is 9.93. The molecule has 0 spiro atoms. The first-order valence-corrected chi connectivity index (χ1v) is 10.9. The number of nitrogens with zero attached hydrogens (tertiary/aromatic N) is 4. The predicted octanol–water partition coefficient (Wildman–Crippen LogP) is 2.98. The molecular formula is C23H30N6O2. The summed E-state index contributed by atoms with van der Waals surface area (Å²) in [5.41, 5.74) is 3.20. The number of rotatable bonds is 6. The Labute approximate surface area is 182 Å². The Bertz CT molecular complexity index is 1070. The van der Waals surface area contributed by atoms with Crippen LogP contribution in [-0.2, 0) is 6.54 Å². The molecule has 0 saturated heterocycles. The van der Waals surface area contributed by atoms with Crippen LogP contribution >= 0.6 is 0 Å². The van der Waals surface area contributed by atoms with Gasteiger partial charge in [-0.2, -0.15) is 5.10 Å². The monoisotopic (exact) mass is 422 g/mol.